The number of nitrogen functional groups attached to an aromatic ring is 2. The molecule has 18 heavy (non-hydrogen) atoms. The normalized spacial score (nSPS) is 10.2. The van der Waals surface area contributed by atoms with E-state index in [2.05, 4.69) is 25.0 Å². The summed E-state index contributed by atoms with van der Waals surface area (Å²) in [5.74, 6) is 0.756. The Hall–Kier alpha value is -2.29. The van der Waals surface area contributed by atoms with Gasteiger partial charge in [0.05, 0.1) is 5.75 Å². The van der Waals surface area contributed by atoms with Crippen LogP contribution in [0.2, 0.25) is 0 Å². The summed E-state index contributed by atoms with van der Waals surface area (Å²) >= 11 is 1.13. The van der Waals surface area contributed by atoms with E-state index in [1.807, 2.05) is 0 Å². The van der Waals surface area contributed by atoms with Gasteiger partial charge in [0.2, 0.25) is 5.91 Å². The first-order valence-electron chi connectivity index (χ1n) is 4.86. The highest BCUT2D eigenvalue weighted by Gasteiger charge is 2.08. The first-order valence-corrected chi connectivity index (χ1v) is 5.85. The topological polar surface area (TPSA) is 133 Å². The lowest BCUT2D eigenvalue weighted by Gasteiger charge is -2.02. The quantitative estimate of drug-likeness (QED) is 0.533. The molecule has 2 aromatic rings. The van der Waals surface area contributed by atoms with Crippen molar-refractivity contribution >= 4 is 35.1 Å². The van der Waals surface area contributed by atoms with Crippen LogP contribution in [0.25, 0.3) is 0 Å². The molecule has 1 amide bonds. The largest absolute Gasteiger partial charge is 0.383 e. The third kappa shape index (κ3) is 3.35. The van der Waals surface area contributed by atoms with Crippen LogP contribution in [0, 0.1) is 0 Å². The molecule has 9 heteroatoms. The maximum absolute atomic E-state index is 11.5. The van der Waals surface area contributed by atoms with Crippen molar-refractivity contribution in [3.8, 4) is 0 Å². The number of hydrogen-bond donors (Lipinski definition) is 3. The van der Waals surface area contributed by atoms with Crippen molar-refractivity contribution in [3.05, 3.63) is 18.4 Å². The Morgan fingerprint density at radius 2 is 2.11 bits per heavy atom. The number of amides is 1. The Balaban J connectivity index is 1.89. The molecule has 0 aliphatic heterocycles. The van der Waals surface area contributed by atoms with E-state index < -0.39 is 0 Å². The molecule has 0 fully saturated rings. The van der Waals surface area contributed by atoms with Gasteiger partial charge in [-0.25, -0.2) is 9.97 Å². The van der Waals surface area contributed by atoms with Gasteiger partial charge in [-0.05, 0) is 0 Å². The van der Waals surface area contributed by atoms with E-state index in [1.165, 1.54) is 18.4 Å². The lowest BCUT2D eigenvalue weighted by molar-refractivity contribution is -0.113. The summed E-state index contributed by atoms with van der Waals surface area (Å²) in [6.45, 7) is 0. The molecule has 0 atom stereocenters. The van der Waals surface area contributed by atoms with Crippen molar-refractivity contribution in [3.63, 3.8) is 0 Å². The zero-order valence-corrected chi connectivity index (χ0v) is 9.98. The number of anilines is 3. The first-order chi connectivity index (χ1) is 8.63. The van der Waals surface area contributed by atoms with Crippen LogP contribution in [0.3, 0.4) is 0 Å². The standard InChI is InChI=1S/C9H10N6O2S/c10-5-3-6(11)13-9(12-5)18-4-8(16)14-7-1-2-17-15-7/h1-3H,4H2,(H,14,15,16)(H4,10,11,12,13). The van der Waals surface area contributed by atoms with Crippen molar-refractivity contribution in [2.24, 2.45) is 0 Å². The lowest BCUT2D eigenvalue weighted by Crippen LogP contribution is -2.14. The second-order valence-corrected chi connectivity index (χ2v) is 4.16. The monoisotopic (exact) mass is 266 g/mol. The maximum atomic E-state index is 11.5. The Morgan fingerprint density at radius 3 is 2.72 bits per heavy atom. The highest BCUT2D eigenvalue weighted by atomic mass is 32.2. The van der Waals surface area contributed by atoms with Crippen LogP contribution in [-0.4, -0.2) is 26.8 Å². The van der Waals surface area contributed by atoms with Gasteiger partial charge in [0.15, 0.2) is 11.0 Å². The van der Waals surface area contributed by atoms with Gasteiger partial charge >= 0.3 is 0 Å². The molecule has 2 rings (SSSR count). The minimum Gasteiger partial charge on any atom is -0.383 e. The smallest absolute Gasteiger partial charge is 0.236 e. The Kier molecular flexibility index (Phi) is 3.63. The summed E-state index contributed by atoms with van der Waals surface area (Å²) in [5.41, 5.74) is 11.0. The number of nitrogens with zero attached hydrogens (tertiary/aromatic N) is 3. The van der Waals surface area contributed by atoms with Crippen molar-refractivity contribution in [1.29, 1.82) is 0 Å². The first kappa shape index (κ1) is 12.2. The number of hydrogen-bond acceptors (Lipinski definition) is 8. The molecule has 94 valence electrons. The van der Waals surface area contributed by atoms with Crippen molar-refractivity contribution in [2.45, 2.75) is 5.16 Å². The van der Waals surface area contributed by atoms with Gasteiger partial charge < -0.3 is 21.3 Å². The average molecular weight is 266 g/mol. The number of nitrogens with two attached hydrogens (primary N) is 2. The van der Waals surface area contributed by atoms with E-state index in [1.54, 1.807) is 0 Å². The maximum Gasteiger partial charge on any atom is 0.236 e. The van der Waals surface area contributed by atoms with E-state index in [0.717, 1.165) is 11.8 Å². The van der Waals surface area contributed by atoms with E-state index in [9.17, 15) is 4.79 Å². The Labute approximate surface area is 106 Å². The fraction of sp³-hybridized carbons (Fsp3) is 0.111. The number of rotatable bonds is 4. The third-order valence-electron chi connectivity index (χ3n) is 1.78. The third-order valence-corrected chi connectivity index (χ3v) is 2.63. The highest BCUT2D eigenvalue weighted by molar-refractivity contribution is 7.99. The number of nitrogens with one attached hydrogen (secondary N) is 1. The van der Waals surface area contributed by atoms with Gasteiger partial charge in [0, 0.05) is 12.1 Å². The van der Waals surface area contributed by atoms with Crippen LogP contribution in [0.5, 0.6) is 0 Å². The molecule has 8 nitrogen and oxygen atoms in total. The van der Waals surface area contributed by atoms with E-state index in [4.69, 9.17) is 11.5 Å². The molecule has 5 N–H and O–H groups in total. The van der Waals surface area contributed by atoms with Gasteiger partial charge in [-0.2, -0.15) is 0 Å². The molecular weight excluding hydrogens is 256 g/mol. The SMILES string of the molecule is Nc1cc(N)nc(SCC(=O)Nc2ccon2)n1. The fourth-order valence-electron chi connectivity index (χ4n) is 1.11. The number of carbonyl (C=O) groups excluding carboxylic acids is 1. The zero-order chi connectivity index (χ0) is 13.0. The molecule has 0 unspecified atom stereocenters. The molecule has 0 saturated carbocycles. The summed E-state index contributed by atoms with van der Waals surface area (Å²) in [5, 5.41) is 6.44. The van der Waals surface area contributed by atoms with Gasteiger partial charge in [-0.3, -0.25) is 4.79 Å². The van der Waals surface area contributed by atoms with Crippen LogP contribution < -0.4 is 16.8 Å². The predicted octanol–water partition coefficient (Wildman–Crippen LogP) is 0.360. The summed E-state index contributed by atoms with van der Waals surface area (Å²) in [4.78, 5) is 19.4. The van der Waals surface area contributed by atoms with E-state index in [-0.39, 0.29) is 23.3 Å². The second kappa shape index (κ2) is 5.36. The molecule has 2 heterocycles. The van der Waals surface area contributed by atoms with E-state index >= 15 is 0 Å². The van der Waals surface area contributed by atoms with Crippen LogP contribution >= 0.6 is 11.8 Å². The van der Waals surface area contributed by atoms with Crippen molar-refractivity contribution in [2.75, 3.05) is 22.5 Å². The molecular formula is C9H10N6O2S. The minimum absolute atomic E-state index is 0.121. The molecule has 2 aromatic heterocycles. The molecule has 0 bridgehead atoms. The molecule has 0 aliphatic carbocycles. The Morgan fingerprint density at radius 1 is 1.39 bits per heavy atom. The summed E-state index contributed by atoms with van der Waals surface area (Å²) < 4.78 is 4.58. The highest BCUT2D eigenvalue weighted by Crippen LogP contribution is 2.16. The summed E-state index contributed by atoms with van der Waals surface area (Å²) in [6, 6.07) is 2.98. The minimum atomic E-state index is -0.251. The summed E-state index contributed by atoms with van der Waals surface area (Å²) in [6.07, 6.45) is 1.37. The lowest BCUT2D eigenvalue weighted by atomic mass is 10.5. The van der Waals surface area contributed by atoms with Crippen LogP contribution in [-0.2, 0) is 4.79 Å². The Bertz CT molecular complexity index is 524. The van der Waals surface area contributed by atoms with Crippen molar-refractivity contribution < 1.29 is 9.32 Å². The number of aromatic nitrogens is 3. The zero-order valence-electron chi connectivity index (χ0n) is 9.16. The number of carbonyl (C=O) groups is 1. The molecule has 0 radical (unpaired) electrons. The van der Waals surface area contributed by atoms with Crippen molar-refractivity contribution in [1.82, 2.24) is 15.1 Å². The van der Waals surface area contributed by atoms with Crippen LogP contribution in [0.1, 0.15) is 0 Å². The van der Waals surface area contributed by atoms with Gasteiger partial charge in [0.25, 0.3) is 0 Å². The number of thioether (sulfide) groups is 1. The molecule has 0 saturated heterocycles. The summed E-state index contributed by atoms with van der Waals surface area (Å²) in [7, 11) is 0. The van der Waals surface area contributed by atoms with Crippen LogP contribution in [0.4, 0.5) is 17.5 Å². The molecule has 0 aromatic carbocycles. The van der Waals surface area contributed by atoms with Gasteiger partial charge in [-0.15, -0.1) is 0 Å². The van der Waals surface area contributed by atoms with Gasteiger partial charge in [0.1, 0.15) is 17.9 Å². The van der Waals surface area contributed by atoms with E-state index in [0.29, 0.717) is 11.0 Å². The predicted molar refractivity (Wildman–Crippen MR) is 66.7 cm³/mol. The fourth-order valence-corrected chi connectivity index (χ4v) is 1.78. The molecule has 0 spiro atoms. The average Bonchev–Trinajstić information content (AvgIpc) is 2.78. The molecule has 0 aliphatic rings. The second-order valence-electron chi connectivity index (χ2n) is 3.22. The van der Waals surface area contributed by atoms with Gasteiger partial charge in [-0.1, -0.05) is 16.9 Å². The van der Waals surface area contributed by atoms with Crippen LogP contribution in [0.15, 0.2) is 28.1 Å².